The lowest BCUT2D eigenvalue weighted by atomic mass is 10.1. The van der Waals surface area contributed by atoms with E-state index in [1.165, 1.54) is 7.11 Å². The van der Waals surface area contributed by atoms with E-state index < -0.39 is 0 Å². The monoisotopic (exact) mass is 341 g/mol. The molecule has 0 radical (unpaired) electrons. The van der Waals surface area contributed by atoms with Crippen molar-refractivity contribution in [3.63, 3.8) is 0 Å². The first-order chi connectivity index (χ1) is 12.1. The van der Waals surface area contributed by atoms with Crippen LogP contribution in [0.4, 0.5) is 0 Å². The van der Waals surface area contributed by atoms with Crippen molar-refractivity contribution in [3.05, 3.63) is 46.6 Å². The summed E-state index contributed by atoms with van der Waals surface area (Å²) in [7, 11) is 6.24. The number of aromatic nitrogens is 1. The molecule has 1 heterocycles. The Morgan fingerprint density at radius 3 is 1.96 bits per heavy atom. The van der Waals surface area contributed by atoms with Crippen LogP contribution in [0.1, 0.15) is 0 Å². The summed E-state index contributed by atoms with van der Waals surface area (Å²) >= 11 is 0. The highest BCUT2D eigenvalue weighted by molar-refractivity contribution is 5.85. The average molecular weight is 341 g/mol. The first-order valence-corrected chi connectivity index (χ1v) is 7.62. The fourth-order valence-corrected chi connectivity index (χ4v) is 2.74. The predicted octanol–water partition coefficient (Wildman–Crippen LogP) is 3.23. The van der Waals surface area contributed by atoms with Crippen LogP contribution in [-0.4, -0.2) is 33.4 Å². The van der Waals surface area contributed by atoms with Gasteiger partial charge in [-0.1, -0.05) is 0 Å². The smallest absolute Gasteiger partial charge is 0.190 e. The number of fused-ring (bicyclic) bond motifs is 1. The molecule has 25 heavy (non-hydrogen) atoms. The fourth-order valence-electron chi connectivity index (χ4n) is 2.74. The van der Waals surface area contributed by atoms with Crippen molar-refractivity contribution in [1.82, 2.24) is 4.98 Å². The Morgan fingerprint density at radius 1 is 0.720 bits per heavy atom. The number of hydrogen-bond donors (Lipinski definition) is 1. The van der Waals surface area contributed by atoms with Crippen molar-refractivity contribution in [2.24, 2.45) is 0 Å². The zero-order valence-electron chi connectivity index (χ0n) is 14.5. The van der Waals surface area contributed by atoms with Gasteiger partial charge in [0.05, 0.1) is 34.0 Å². The van der Waals surface area contributed by atoms with Gasteiger partial charge in [0.25, 0.3) is 0 Å². The Morgan fingerprint density at radius 2 is 1.32 bits per heavy atom. The Hall–Kier alpha value is -3.15. The number of H-pyrrole nitrogens is 1. The molecule has 0 fully saturated rings. The first-order valence-electron chi connectivity index (χ1n) is 7.62. The minimum atomic E-state index is -0.112. The first kappa shape index (κ1) is 16.7. The van der Waals surface area contributed by atoms with Crippen molar-refractivity contribution < 1.29 is 18.9 Å². The molecule has 3 aromatic rings. The lowest BCUT2D eigenvalue weighted by Gasteiger charge is -2.12. The van der Waals surface area contributed by atoms with Gasteiger partial charge < -0.3 is 23.9 Å². The van der Waals surface area contributed by atoms with Gasteiger partial charge in [-0.05, 0) is 24.3 Å². The van der Waals surface area contributed by atoms with Crippen LogP contribution in [0.3, 0.4) is 0 Å². The molecule has 0 saturated heterocycles. The van der Waals surface area contributed by atoms with Crippen molar-refractivity contribution in [1.29, 1.82) is 0 Å². The van der Waals surface area contributed by atoms with Gasteiger partial charge in [-0.25, -0.2) is 0 Å². The molecule has 0 aliphatic rings. The van der Waals surface area contributed by atoms with Crippen LogP contribution in [0.25, 0.3) is 22.2 Å². The fraction of sp³-hybridized carbons (Fsp3) is 0.211. The summed E-state index contributed by atoms with van der Waals surface area (Å²) in [5.41, 5.74) is 2.03. The lowest BCUT2D eigenvalue weighted by Crippen LogP contribution is -2.04. The Balaban J connectivity index is 2.19. The largest absolute Gasteiger partial charge is 0.493 e. The molecule has 0 bridgehead atoms. The molecular formula is C19H19NO5. The number of rotatable bonds is 5. The predicted molar refractivity (Wildman–Crippen MR) is 96.2 cm³/mol. The number of methoxy groups -OCH3 is 4. The van der Waals surface area contributed by atoms with Crippen LogP contribution in [0.5, 0.6) is 23.0 Å². The van der Waals surface area contributed by atoms with Crippen LogP contribution >= 0.6 is 0 Å². The van der Waals surface area contributed by atoms with Gasteiger partial charge in [0.15, 0.2) is 28.4 Å². The Labute approximate surface area is 144 Å². The van der Waals surface area contributed by atoms with E-state index in [2.05, 4.69) is 4.98 Å². The SMILES string of the molecule is COc1ccc(-c2cc(=O)c3cc(OC)c(OC)cc3[nH]2)cc1OC. The summed E-state index contributed by atoms with van der Waals surface area (Å²) in [5.74, 6) is 2.28. The Kier molecular flexibility index (Phi) is 4.52. The van der Waals surface area contributed by atoms with Gasteiger partial charge in [0, 0.05) is 28.8 Å². The third-order valence-electron chi connectivity index (χ3n) is 4.03. The summed E-state index contributed by atoms with van der Waals surface area (Å²) in [4.78, 5) is 15.8. The highest BCUT2D eigenvalue weighted by Crippen LogP contribution is 2.33. The maximum absolute atomic E-state index is 12.5. The Bertz CT molecular complexity index is 977. The molecular weight excluding hydrogens is 322 g/mol. The molecule has 3 rings (SSSR count). The number of hydrogen-bond acceptors (Lipinski definition) is 5. The quantitative estimate of drug-likeness (QED) is 0.771. The molecule has 0 spiro atoms. The van der Waals surface area contributed by atoms with E-state index >= 15 is 0 Å². The molecule has 1 N–H and O–H groups in total. The van der Waals surface area contributed by atoms with E-state index in [9.17, 15) is 4.79 Å². The summed E-state index contributed by atoms with van der Waals surface area (Å²) in [5, 5.41) is 0.530. The van der Waals surface area contributed by atoms with Gasteiger partial charge in [-0.3, -0.25) is 4.79 Å². The maximum atomic E-state index is 12.5. The molecule has 0 aliphatic heterocycles. The summed E-state index contributed by atoms with van der Waals surface area (Å²) in [6.07, 6.45) is 0. The third-order valence-corrected chi connectivity index (χ3v) is 4.03. The van der Waals surface area contributed by atoms with Crippen LogP contribution in [0.15, 0.2) is 41.2 Å². The zero-order chi connectivity index (χ0) is 18.0. The number of benzene rings is 2. The highest BCUT2D eigenvalue weighted by atomic mass is 16.5. The van der Waals surface area contributed by atoms with Gasteiger partial charge in [-0.2, -0.15) is 0 Å². The standard InChI is InChI=1S/C19H19NO5/c1-22-16-6-5-11(7-17(16)23-2)13-9-15(21)12-8-18(24-3)19(25-4)10-14(12)20-13/h5-10H,1-4H3,(H,20,21). The van der Waals surface area contributed by atoms with Crippen molar-refractivity contribution in [2.75, 3.05) is 28.4 Å². The number of aromatic amines is 1. The maximum Gasteiger partial charge on any atom is 0.190 e. The minimum Gasteiger partial charge on any atom is -0.493 e. The topological polar surface area (TPSA) is 69.8 Å². The molecule has 6 heteroatoms. The van der Waals surface area contributed by atoms with Gasteiger partial charge in [0.1, 0.15) is 0 Å². The van der Waals surface area contributed by atoms with Crippen molar-refractivity contribution in [2.45, 2.75) is 0 Å². The second-order valence-electron chi connectivity index (χ2n) is 5.37. The van der Waals surface area contributed by atoms with E-state index in [0.29, 0.717) is 39.6 Å². The molecule has 6 nitrogen and oxygen atoms in total. The number of pyridine rings is 1. The molecule has 130 valence electrons. The lowest BCUT2D eigenvalue weighted by molar-refractivity contribution is 0.355. The molecule has 0 aliphatic carbocycles. The third kappa shape index (κ3) is 2.98. The number of ether oxygens (including phenoxy) is 4. The van der Waals surface area contributed by atoms with Crippen LogP contribution in [0.2, 0.25) is 0 Å². The van der Waals surface area contributed by atoms with E-state index in [-0.39, 0.29) is 5.43 Å². The van der Waals surface area contributed by atoms with Crippen LogP contribution in [-0.2, 0) is 0 Å². The van der Waals surface area contributed by atoms with E-state index in [4.69, 9.17) is 18.9 Å². The minimum absolute atomic E-state index is 0.112. The average Bonchev–Trinajstić information content (AvgIpc) is 2.66. The van der Waals surface area contributed by atoms with Crippen molar-refractivity contribution in [3.8, 4) is 34.3 Å². The van der Waals surface area contributed by atoms with E-state index in [1.54, 1.807) is 45.6 Å². The second-order valence-corrected chi connectivity index (χ2v) is 5.37. The molecule has 0 saturated carbocycles. The molecule has 0 unspecified atom stereocenters. The van der Waals surface area contributed by atoms with Gasteiger partial charge in [-0.15, -0.1) is 0 Å². The number of nitrogens with one attached hydrogen (secondary N) is 1. The summed E-state index contributed by atoms with van der Waals surface area (Å²) in [6, 6.07) is 10.4. The normalized spacial score (nSPS) is 10.6. The molecule has 0 amide bonds. The second kappa shape index (κ2) is 6.76. The molecule has 0 atom stereocenters. The zero-order valence-corrected chi connectivity index (χ0v) is 14.5. The summed E-state index contributed by atoms with van der Waals surface area (Å²) in [6.45, 7) is 0. The van der Waals surface area contributed by atoms with Crippen molar-refractivity contribution >= 4 is 10.9 Å². The molecule has 1 aromatic heterocycles. The highest BCUT2D eigenvalue weighted by Gasteiger charge is 2.12. The van der Waals surface area contributed by atoms with E-state index in [1.807, 2.05) is 12.1 Å². The molecule has 2 aromatic carbocycles. The summed E-state index contributed by atoms with van der Waals surface area (Å²) < 4.78 is 21.2. The van der Waals surface area contributed by atoms with Crippen LogP contribution < -0.4 is 24.4 Å². The van der Waals surface area contributed by atoms with E-state index in [0.717, 1.165) is 5.56 Å². The van der Waals surface area contributed by atoms with Crippen LogP contribution in [0, 0.1) is 0 Å². The van der Waals surface area contributed by atoms with Gasteiger partial charge >= 0.3 is 0 Å². The van der Waals surface area contributed by atoms with Gasteiger partial charge in [0.2, 0.25) is 0 Å².